The highest BCUT2D eigenvalue weighted by atomic mass is 127. The minimum atomic E-state index is -0.320. The van der Waals surface area contributed by atoms with Gasteiger partial charge in [0.15, 0.2) is 0 Å². The lowest BCUT2D eigenvalue weighted by Crippen LogP contribution is -2.51. The highest BCUT2D eigenvalue weighted by molar-refractivity contribution is 14.1. The molecule has 37 heavy (non-hydrogen) atoms. The Balaban J connectivity index is 2.09. The first kappa shape index (κ1) is 31.6. The van der Waals surface area contributed by atoms with Gasteiger partial charge in [0, 0.05) is 45.8 Å². The molecule has 0 aromatic heterocycles. The molecular weight excluding hydrogens is 589 g/mol. The first-order valence-corrected chi connectivity index (χ1v) is 14.3. The number of hydrogen-bond donors (Lipinski definition) is 3. The third kappa shape index (κ3) is 10.6. The number of hydrogen-bond acceptors (Lipinski definition) is 7. The largest absolute Gasteiger partial charge is 0.497 e. The van der Waals surface area contributed by atoms with Crippen molar-refractivity contribution in [2.24, 2.45) is 17.8 Å². The van der Waals surface area contributed by atoms with E-state index in [0.717, 1.165) is 12.0 Å². The normalized spacial score (nSPS) is 19.2. The van der Waals surface area contributed by atoms with Crippen molar-refractivity contribution >= 4 is 34.4 Å². The van der Waals surface area contributed by atoms with Gasteiger partial charge in [0.25, 0.3) is 0 Å². The Bertz CT molecular complexity index is 853. The van der Waals surface area contributed by atoms with E-state index < -0.39 is 0 Å². The lowest BCUT2D eigenvalue weighted by atomic mass is 9.88. The summed E-state index contributed by atoms with van der Waals surface area (Å²) in [4.78, 5) is 28.4. The van der Waals surface area contributed by atoms with Gasteiger partial charge in [-0.15, -0.1) is 0 Å². The number of piperidine rings is 1. The number of benzene rings is 1. The number of aliphatic hydroxyl groups excluding tert-OH is 1. The summed E-state index contributed by atoms with van der Waals surface area (Å²) >= 11 is 2.25. The number of rotatable bonds is 15. The van der Waals surface area contributed by atoms with E-state index in [2.05, 4.69) is 47.1 Å². The fourth-order valence-electron chi connectivity index (χ4n) is 4.52. The Morgan fingerprint density at radius 1 is 1.14 bits per heavy atom. The van der Waals surface area contributed by atoms with Crippen molar-refractivity contribution in [2.75, 3.05) is 47.1 Å². The van der Waals surface area contributed by atoms with Gasteiger partial charge in [0.1, 0.15) is 11.5 Å². The van der Waals surface area contributed by atoms with Crippen LogP contribution in [0.2, 0.25) is 0 Å². The van der Waals surface area contributed by atoms with Crippen LogP contribution in [0, 0.1) is 17.8 Å². The van der Waals surface area contributed by atoms with Gasteiger partial charge in [-0.1, -0.05) is 36.4 Å². The molecule has 0 bridgehead atoms. The zero-order valence-electron chi connectivity index (χ0n) is 22.8. The lowest BCUT2D eigenvalue weighted by molar-refractivity contribution is -0.138. The molecule has 1 aliphatic heterocycles. The van der Waals surface area contributed by atoms with Crippen LogP contribution < -0.4 is 20.1 Å². The maximum absolute atomic E-state index is 13.7. The van der Waals surface area contributed by atoms with E-state index in [1.165, 1.54) is 0 Å². The second-order valence-corrected chi connectivity index (χ2v) is 11.9. The Kier molecular flexibility index (Phi) is 14.0. The maximum Gasteiger partial charge on any atom is 0.228 e. The minimum absolute atomic E-state index is 0.0122. The number of nitrogens with one attached hydrogen (secondary N) is 2. The van der Waals surface area contributed by atoms with Crippen molar-refractivity contribution in [3.05, 3.63) is 23.8 Å². The fraction of sp³-hybridized carbons (Fsp3) is 0.704. The monoisotopic (exact) mass is 633 g/mol. The Labute approximate surface area is 235 Å². The number of amides is 2. The second-order valence-electron chi connectivity index (χ2n) is 10.1. The summed E-state index contributed by atoms with van der Waals surface area (Å²) in [5.41, 5.74) is 0.912. The number of halogens is 1. The molecule has 9 nitrogen and oxygen atoms in total. The summed E-state index contributed by atoms with van der Waals surface area (Å²) in [6.07, 6.45) is 1.96. The van der Waals surface area contributed by atoms with Crippen molar-refractivity contribution in [1.82, 2.24) is 15.5 Å². The van der Waals surface area contributed by atoms with E-state index in [4.69, 9.17) is 14.2 Å². The molecule has 1 aromatic carbocycles. The third-order valence-electron chi connectivity index (χ3n) is 6.40. The molecule has 0 aliphatic carbocycles. The zero-order chi connectivity index (χ0) is 27.4. The highest BCUT2D eigenvalue weighted by Gasteiger charge is 2.35. The molecule has 1 fully saturated rings. The van der Waals surface area contributed by atoms with Gasteiger partial charge in [-0.25, -0.2) is 0 Å². The van der Waals surface area contributed by atoms with E-state index in [1.54, 1.807) is 14.2 Å². The van der Waals surface area contributed by atoms with Gasteiger partial charge < -0.3 is 34.9 Å². The fourth-order valence-corrected chi connectivity index (χ4v) is 5.00. The predicted octanol–water partition coefficient (Wildman–Crippen LogP) is 2.97. The molecule has 0 saturated carbocycles. The number of nitrogens with zero attached hydrogens (tertiary/aromatic N) is 1. The Morgan fingerprint density at radius 3 is 2.46 bits per heavy atom. The number of carbonyl (C=O) groups excluding carboxylic acids is 2. The highest BCUT2D eigenvalue weighted by Crippen LogP contribution is 2.27. The van der Waals surface area contributed by atoms with Crippen molar-refractivity contribution in [3.8, 4) is 11.5 Å². The maximum atomic E-state index is 13.7. The summed E-state index contributed by atoms with van der Waals surface area (Å²) in [7, 11) is 3.27. The molecule has 1 saturated heterocycles. The Morgan fingerprint density at radius 2 is 1.84 bits per heavy atom. The summed E-state index contributed by atoms with van der Waals surface area (Å²) in [5, 5.41) is 15.9. The molecule has 2 amide bonds. The molecule has 0 spiro atoms. The lowest BCUT2D eigenvalue weighted by Gasteiger charge is -2.34. The van der Waals surface area contributed by atoms with Gasteiger partial charge in [0.05, 0.1) is 42.2 Å². The van der Waals surface area contributed by atoms with E-state index >= 15 is 0 Å². The molecule has 3 N–H and O–H groups in total. The first-order chi connectivity index (χ1) is 17.7. The van der Waals surface area contributed by atoms with Crippen LogP contribution in [0.15, 0.2) is 18.2 Å². The first-order valence-electron chi connectivity index (χ1n) is 13.0. The number of methoxy groups -OCH3 is 2. The summed E-state index contributed by atoms with van der Waals surface area (Å²) in [5.74, 6) is 0.996. The third-order valence-corrected chi connectivity index (χ3v) is 7.07. The van der Waals surface area contributed by atoms with Crippen LogP contribution in [0.25, 0.3) is 0 Å². The molecule has 4 atom stereocenters. The van der Waals surface area contributed by atoms with E-state index in [0.29, 0.717) is 63.1 Å². The molecule has 2 rings (SSSR count). The number of ether oxygens (including phenoxy) is 3. The Hall–Kier alpha value is -1.63. The van der Waals surface area contributed by atoms with Crippen molar-refractivity contribution in [1.29, 1.82) is 0 Å². The van der Waals surface area contributed by atoms with Gasteiger partial charge in [-0.3, -0.25) is 9.59 Å². The quantitative estimate of drug-likeness (QED) is 0.118. The summed E-state index contributed by atoms with van der Waals surface area (Å²) in [6.45, 7) is 8.62. The molecule has 1 aliphatic rings. The van der Waals surface area contributed by atoms with Crippen molar-refractivity contribution in [3.63, 3.8) is 0 Å². The SMILES string of the molecule is COCCCOc1cc(CN(C(=O)[C@H]2CNC[C@@H](C(=O)NC(CO)CC(C)C)C2)[C@H](C)I)cc(OC)c1. The van der Waals surface area contributed by atoms with Crippen LogP contribution in [-0.4, -0.2) is 79.0 Å². The van der Waals surface area contributed by atoms with Crippen molar-refractivity contribution < 1.29 is 28.9 Å². The smallest absolute Gasteiger partial charge is 0.228 e. The van der Waals surface area contributed by atoms with Crippen LogP contribution in [0.3, 0.4) is 0 Å². The average molecular weight is 634 g/mol. The minimum Gasteiger partial charge on any atom is -0.497 e. The van der Waals surface area contributed by atoms with E-state index in [9.17, 15) is 14.7 Å². The molecule has 210 valence electrons. The van der Waals surface area contributed by atoms with Gasteiger partial charge in [-0.2, -0.15) is 0 Å². The predicted molar refractivity (Wildman–Crippen MR) is 152 cm³/mol. The molecule has 1 heterocycles. The molecular formula is C27H44IN3O6. The van der Waals surface area contributed by atoms with Crippen LogP contribution in [0.4, 0.5) is 0 Å². The molecule has 1 aromatic rings. The topological polar surface area (TPSA) is 109 Å². The summed E-state index contributed by atoms with van der Waals surface area (Å²) in [6, 6.07) is 5.42. The number of alkyl halides is 1. The van der Waals surface area contributed by atoms with Crippen LogP contribution >= 0.6 is 22.6 Å². The number of carbonyl (C=O) groups is 2. The molecule has 1 unspecified atom stereocenters. The van der Waals surface area contributed by atoms with Crippen LogP contribution in [0.1, 0.15) is 45.6 Å². The number of aliphatic hydroxyl groups is 1. The van der Waals surface area contributed by atoms with Crippen LogP contribution in [-0.2, 0) is 20.9 Å². The van der Waals surface area contributed by atoms with Crippen molar-refractivity contribution in [2.45, 2.75) is 56.7 Å². The van der Waals surface area contributed by atoms with E-state index in [1.807, 2.05) is 30.0 Å². The molecule has 10 heteroatoms. The van der Waals surface area contributed by atoms with Crippen LogP contribution in [0.5, 0.6) is 11.5 Å². The standard InChI is InChI=1S/C27H44IN3O6/c1-18(2)9-23(17-32)30-26(33)21-12-22(15-29-14-21)27(34)31(19(3)28)16-20-10-24(36-5)13-25(11-20)37-8-6-7-35-4/h10-11,13,18-19,21-23,29,32H,6-9,12,14-17H2,1-5H3,(H,30,33)/t19-,21+,22-,23?/m1/s1. The van der Waals surface area contributed by atoms with Gasteiger partial charge >= 0.3 is 0 Å². The summed E-state index contributed by atoms with van der Waals surface area (Å²) < 4.78 is 16.4. The van der Waals surface area contributed by atoms with Gasteiger partial charge in [-0.05, 0) is 43.4 Å². The van der Waals surface area contributed by atoms with E-state index in [-0.39, 0.29) is 40.3 Å². The van der Waals surface area contributed by atoms with Gasteiger partial charge in [0.2, 0.25) is 11.8 Å². The second kappa shape index (κ2) is 16.4. The molecule has 0 radical (unpaired) electrons. The zero-order valence-corrected chi connectivity index (χ0v) is 25.0. The average Bonchev–Trinajstić information content (AvgIpc) is 2.88.